The van der Waals surface area contributed by atoms with E-state index < -0.39 is 12.7 Å². The van der Waals surface area contributed by atoms with Gasteiger partial charge in [0.2, 0.25) is 0 Å². The Morgan fingerprint density at radius 1 is 1.67 bits per heavy atom. The normalized spacial score (nSPS) is 12.1. The van der Waals surface area contributed by atoms with E-state index in [9.17, 15) is 13.2 Å². The summed E-state index contributed by atoms with van der Waals surface area (Å²) in [6.07, 6.45) is -3.17. The zero-order valence-electron chi connectivity index (χ0n) is 6.60. The largest absolute Gasteiger partial charge is 0.409 e. The molecule has 0 aliphatic rings. The summed E-state index contributed by atoms with van der Waals surface area (Å²) in [5, 5.41) is 3.59. The van der Waals surface area contributed by atoms with Gasteiger partial charge in [0.25, 0.3) is 0 Å². The molecule has 0 amide bonds. The fourth-order valence-electron chi connectivity index (χ4n) is 0.397. The number of rotatable bonds is 3. The molecule has 0 atom stereocenters. The van der Waals surface area contributed by atoms with Crippen LogP contribution >= 0.6 is 0 Å². The number of hydrogen-bond donors (Lipinski definition) is 1. The Morgan fingerprint density at radius 3 is 2.50 bits per heavy atom. The summed E-state index contributed by atoms with van der Waals surface area (Å²) in [4.78, 5) is 0. The quantitative estimate of drug-likeness (QED) is 0.405. The fourth-order valence-corrected chi connectivity index (χ4v) is 0.397. The highest BCUT2D eigenvalue weighted by Gasteiger charge is 2.29. The molecule has 0 bridgehead atoms. The Balaban J connectivity index is 3.90. The number of hydrazine groups is 1. The Morgan fingerprint density at radius 2 is 2.17 bits per heavy atom. The first-order valence-corrected chi connectivity index (χ1v) is 3.10. The summed E-state index contributed by atoms with van der Waals surface area (Å²) in [6, 6.07) is 0. The van der Waals surface area contributed by atoms with Crippen LogP contribution in [0.4, 0.5) is 13.2 Å². The molecule has 6 heteroatoms. The van der Waals surface area contributed by atoms with Crippen LogP contribution in [0.15, 0.2) is 17.3 Å². The van der Waals surface area contributed by atoms with Gasteiger partial charge in [0.1, 0.15) is 6.54 Å². The molecule has 12 heavy (non-hydrogen) atoms. The molecular formula is C6H10F3N3. The minimum atomic E-state index is -4.33. The third-order valence-electron chi connectivity index (χ3n) is 0.768. The molecule has 0 saturated heterocycles. The minimum absolute atomic E-state index is 0.314. The Kier molecular flexibility index (Phi) is 3.75. The third kappa shape index (κ3) is 7.07. The molecule has 70 valence electrons. The van der Waals surface area contributed by atoms with Crippen LogP contribution in [0.1, 0.15) is 6.92 Å². The highest BCUT2D eigenvalue weighted by atomic mass is 19.4. The average Bonchev–Trinajstić information content (AvgIpc) is 1.79. The zero-order chi connectivity index (χ0) is 9.78. The van der Waals surface area contributed by atoms with Gasteiger partial charge in [-0.25, -0.2) is 11.0 Å². The summed E-state index contributed by atoms with van der Waals surface area (Å²) >= 11 is 0. The highest BCUT2D eigenvalue weighted by molar-refractivity contribution is 5.76. The van der Waals surface area contributed by atoms with Crippen molar-refractivity contribution in [3.05, 3.63) is 12.2 Å². The monoisotopic (exact) mass is 181 g/mol. The lowest BCUT2D eigenvalue weighted by Crippen LogP contribution is -2.35. The Bertz CT molecular complexity index is 185. The van der Waals surface area contributed by atoms with Gasteiger partial charge >= 0.3 is 6.18 Å². The summed E-state index contributed by atoms with van der Waals surface area (Å²) < 4.78 is 34.8. The number of halogens is 3. The van der Waals surface area contributed by atoms with Crippen LogP contribution < -0.4 is 5.84 Å². The van der Waals surface area contributed by atoms with Crippen molar-refractivity contribution in [3.63, 3.8) is 0 Å². The second kappa shape index (κ2) is 4.10. The van der Waals surface area contributed by atoms with Gasteiger partial charge < -0.3 is 0 Å². The fraction of sp³-hybridized carbons (Fsp3) is 0.500. The number of allylic oxidation sites excluding steroid dienone is 1. The van der Waals surface area contributed by atoms with E-state index in [-0.39, 0.29) is 0 Å². The van der Waals surface area contributed by atoms with Crippen LogP contribution in [-0.2, 0) is 0 Å². The first kappa shape index (κ1) is 11.0. The summed E-state index contributed by atoms with van der Waals surface area (Å²) in [5.41, 5.74) is 0.535. The maximum atomic E-state index is 11.6. The van der Waals surface area contributed by atoms with Crippen molar-refractivity contribution < 1.29 is 13.2 Å². The number of alkyl halides is 3. The van der Waals surface area contributed by atoms with Crippen molar-refractivity contribution in [2.75, 3.05) is 6.54 Å². The molecule has 0 aromatic carbocycles. The maximum Gasteiger partial charge on any atom is 0.409 e. The second-order valence-corrected chi connectivity index (χ2v) is 2.30. The van der Waals surface area contributed by atoms with Crippen molar-refractivity contribution in [3.8, 4) is 0 Å². The Hall–Kier alpha value is -1.04. The summed E-state index contributed by atoms with van der Waals surface area (Å²) in [5.74, 6) is 4.88. The molecule has 0 spiro atoms. The van der Waals surface area contributed by atoms with Gasteiger partial charge in [-0.3, -0.25) is 0 Å². The average molecular weight is 181 g/mol. The van der Waals surface area contributed by atoms with Crippen molar-refractivity contribution in [1.29, 1.82) is 0 Å². The van der Waals surface area contributed by atoms with Gasteiger partial charge in [-0.15, -0.1) is 0 Å². The van der Waals surface area contributed by atoms with E-state index in [1.54, 1.807) is 6.92 Å². The summed E-state index contributed by atoms with van der Waals surface area (Å²) in [7, 11) is 0. The molecular weight excluding hydrogens is 171 g/mol. The third-order valence-corrected chi connectivity index (χ3v) is 0.768. The van der Waals surface area contributed by atoms with Crippen molar-refractivity contribution in [2.45, 2.75) is 13.1 Å². The predicted octanol–water partition coefficient (Wildman–Crippen LogP) is 1.29. The molecule has 0 saturated carbocycles. The lowest BCUT2D eigenvalue weighted by molar-refractivity contribution is -0.146. The number of nitrogens with two attached hydrogens (primary N) is 1. The number of hydrazone groups is 1. The van der Waals surface area contributed by atoms with Crippen LogP contribution in [0.2, 0.25) is 0 Å². The van der Waals surface area contributed by atoms with E-state index in [1.165, 1.54) is 0 Å². The molecule has 0 rings (SSSR count). The molecule has 0 fully saturated rings. The Labute approximate surface area is 68.3 Å². The second-order valence-electron chi connectivity index (χ2n) is 2.30. The van der Waals surface area contributed by atoms with Gasteiger partial charge in [0.15, 0.2) is 0 Å². The van der Waals surface area contributed by atoms with Gasteiger partial charge in [-0.1, -0.05) is 6.58 Å². The predicted molar refractivity (Wildman–Crippen MR) is 40.3 cm³/mol. The highest BCUT2D eigenvalue weighted by Crippen LogP contribution is 2.14. The summed E-state index contributed by atoms with van der Waals surface area (Å²) in [6.45, 7) is 3.75. The van der Waals surface area contributed by atoms with E-state index in [0.29, 0.717) is 10.7 Å². The van der Waals surface area contributed by atoms with E-state index >= 15 is 0 Å². The maximum absolute atomic E-state index is 11.6. The SMILES string of the molecule is C=C(C)/C=N\N(N)CC(F)(F)F. The van der Waals surface area contributed by atoms with Gasteiger partial charge in [0.05, 0.1) is 6.21 Å². The van der Waals surface area contributed by atoms with Crippen LogP contribution in [0, 0.1) is 0 Å². The van der Waals surface area contributed by atoms with Gasteiger partial charge in [-0.05, 0) is 12.5 Å². The zero-order valence-corrected chi connectivity index (χ0v) is 6.60. The first-order valence-electron chi connectivity index (χ1n) is 3.10. The van der Waals surface area contributed by atoms with Crippen LogP contribution in [0.3, 0.4) is 0 Å². The molecule has 0 aromatic rings. The molecule has 0 aromatic heterocycles. The first-order chi connectivity index (χ1) is 5.31. The molecule has 3 nitrogen and oxygen atoms in total. The van der Waals surface area contributed by atoms with Crippen LogP contribution in [0.25, 0.3) is 0 Å². The lowest BCUT2D eigenvalue weighted by atomic mass is 10.4. The van der Waals surface area contributed by atoms with Crippen molar-refractivity contribution >= 4 is 6.21 Å². The molecule has 0 unspecified atom stereocenters. The number of hydrogen-bond acceptors (Lipinski definition) is 3. The van der Waals surface area contributed by atoms with Crippen LogP contribution in [-0.4, -0.2) is 24.1 Å². The topological polar surface area (TPSA) is 41.6 Å². The minimum Gasteiger partial charge on any atom is -0.231 e. The van der Waals surface area contributed by atoms with E-state index in [0.717, 1.165) is 6.21 Å². The number of nitrogens with zero attached hydrogens (tertiary/aromatic N) is 2. The van der Waals surface area contributed by atoms with Crippen LogP contribution in [0.5, 0.6) is 0 Å². The standard InChI is InChI=1S/C6H10F3N3/c1-5(2)3-11-12(10)4-6(7,8)9/h3H,1,4,10H2,2H3/b11-3-. The van der Waals surface area contributed by atoms with E-state index in [1.807, 2.05) is 0 Å². The van der Waals surface area contributed by atoms with Crippen molar-refractivity contribution in [1.82, 2.24) is 5.12 Å². The lowest BCUT2D eigenvalue weighted by Gasteiger charge is -2.13. The van der Waals surface area contributed by atoms with Crippen molar-refractivity contribution in [2.24, 2.45) is 10.9 Å². The smallest absolute Gasteiger partial charge is 0.231 e. The molecule has 0 aliphatic heterocycles. The molecule has 0 aliphatic carbocycles. The molecule has 0 heterocycles. The van der Waals surface area contributed by atoms with E-state index in [4.69, 9.17) is 5.84 Å². The molecule has 0 radical (unpaired) electrons. The van der Waals surface area contributed by atoms with E-state index in [2.05, 4.69) is 11.7 Å². The van der Waals surface area contributed by atoms with Gasteiger partial charge in [0, 0.05) is 0 Å². The van der Waals surface area contributed by atoms with Gasteiger partial charge in [-0.2, -0.15) is 18.3 Å². The molecule has 2 N–H and O–H groups in total.